The number of thiazole rings is 1. The van der Waals surface area contributed by atoms with Gasteiger partial charge in [0.25, 0.3) is 5.78 Å². The summed E-state index contributed by atoms with van der Waals surface area (Å²) in [5.74, 6) is -1.72. The summed E-state index contributed by atoms with van der Waals surface area (Å²) in [6.07, 6.45) is 0. The Morgan fingerprint density at radius 3 is 2.42 bits per heavy atom. The van der Waals surface area contributed by atoms with E-state index in [-0.39, 0.29) is 21.3 Å². The SMILES string of the molecule is COC(=O)c1sc(N2C(=O)C(=O)C(=C(O)c3ccc(OC)cc3C)[C@H]2c2ccccc2OC)nc1C. The number of benzene rings is 2. The number of carbonyl (C=O) groups is 3. The highest BCUT2D eigenvalue weighted by Gasteiger charge is 2.49. The standard InChI is InChI=1S/C26H24N2O7S/c1-13-12-15(33-3)10-11-16(13)21(29)19-20(17-8-6-7-9-18(17)34-4)28(24(31)22(19)30)26-27-14(2)23(36-26)25(32)35-5/h6-12,20,29H,1-5H3/t20-/m1/s1. The number of Topliss-reactive ketones (excluding diaryl/α,β-unsaturated/α-hetero) is 1. The van der Waals surface area contributed by atoms with Gasteiger partial charge in [-0.25, -0.2) is 9.78 Å². The molecule has 0 unspecified atom stereocenters. The minimum absolute atomic E-state index is 0.120. The highest BCUT2D eigenvalue weighted by Crippen LogP contribution is 2.46. The highest BCUT2D eigenvalue weighted by molar-refractivity contribution is 7.17. The molecule has 4 rings (SSSR count). The first-order valence-electron chi connectivity index (χ1n) is 10.9. The van der Waals surface area contributed by atoms with Crippen molar-refractivity contribution >= 4 is 39.9 Å². The van der Waals surface area contributed by atoms with Crippen molar-refractivity contribution < 1.29 is 33.7 Å². The van der Waals surface area contributed by atoms with Crippen LogP contribution < -0.4 is 14.4 Å². The van der Waals surface area contributed by atoms with Crippen molar-refractivity contribution in [1.29, 1.82) is 0 Å². The highest BCUT2D eigenvalue weighted by atomic mass is 32.1. The summed E-state index contributed by atoms with van der Waals surface area (Å²) >= 11 is 0.930. The third-order valence-corrected chi connectivity index (χ3v) is 7.07. The number of aliphatic hydroxyl groups is 1. The molecule has 3 aromatic rings. The Bertz CT molecular complexity index is 1410. The van der Waals surface area contributed by atoms with Crippen LogP contribution in [0.15, 0.2) is 48.0 Å². The predicted octanol–water partition coefficient (Wildman–Crippen LogP) is 4.19. The number of aromatic nitrogens is 1. The van der Waals surface area contributed by atoms with E-state index >= 15 is 0 Å². The summed E-state index contributed by atoms with van der Waals surface area (Å²) in [5, 5.41) is 11.5. The predicted molar refractivity (Wildman–Crippen MR) is 134 cm³/mol. The second-order valence-corrected chi connectivity index (χ2v) is 8.97. The lowest BCUT2D eigenvalue weighted by Gasteiger charge is -2.24. The Labute approximate surface area is 211 Å². The van der Waals surface area contributed by atoms with Crippen LogP contribution in [0.5, 0.6) is 11.5 Å². The number of nitrogens with zero attached hydrogens (tertiary/aromatic N) is 2. The molecular formula is C26H24N2O7S. The monoisotopic (exact) mass is 508 g/mol. The molecule has 1 aliphatic rings. The van der Waals surface area contributed by atoms with Gasteiger partial charge in [0.1, 0.15) is 28.2 Å². The van der Waals surface area contributed by atoms with Crippen LogP contribution in [-0.2, 0) is 14.3 Å². The lowest BCUT2D eigenvalue weighted by Crippen LogP contribution is -2.29. The number of hydrogen-bond acceptors (Lipinski definition) is 9. The summed E-state index contributed by atoms with van der Waals surface area (Å²) in [4.78, 5) is 44.8. The fourth-order valence-corrected chi connectivity index (χ4v) is 5.17. The average Bonchev–Trinajstić information content (AvgIpc) is 3.39. The van der Waals surface area contributed by atoms with Gasteiger partial charge in [-0.2, -0.15) is 0 Å². The maximum absolute atomic E-state index is 13.4. The fourth-order valence-electron chi connectivity index (χ4n) is 4.16. The number of rotatable bonds is 6. The molecule has 36 heavy (non-hydrogen) atoms. The Balaban J connectivity index is 1.98. The smallest absolute Gasteiger partial charge is 0.350 e. The van der Waals surface area contributed by atoms with Crippen molar-refractivity contribution in [3.63, 3.8) is 0 Å². The van der Waals surface area contributed by atoms with Crippen LogP contribution in [0.2, 0.25) is 0 Å². The number of amides is 1. The molecule has 0 radical (unpaired) electrons. The van der Waals surface area contributed by atoms with Gasteiger partial charge in [0.05, 0.1) is 32.6 Å². The Hall–Kier alpha value is -4.18. The number of ether oxygens (including phenoxy) is 3. The molecule has 10 heteroatoms. The Kier molecular flexibility index (Phi) is 6.80. The topological polar surface area (TPSA) is 115 Å². The molecule has 1 aromatic heterocycles. The van der Waals surface area contributed by atoms with Crippen molar-refractivity contribution in [2.75, 3.05) is 26.2 Å². The van der Waals surface area contributed by atoms with Crippen LogP contribution in [0.25, 0.3) is 5.76 Å². The average molecular weight is 509 g/mol. The second-order valence-electron chi connectivity index (χ2n) is 7.99. The summed E-state index contributed by atoms with van der Waals surface area (Å²) in [7, 11) is 4.25. The van der Waals surface area contributed by atoms with E-state index < -0.39 is 23.7 Å². The van der Waals surface area contributed by atoms with E-state index in [2.05, 4.69) is 4.98 Å². The van der Waals surface area contributed by atoms with Gasteiger partial charge in [-0.15, -0.1) is 0 Å². The van der Waals surface area contributed by atoms with Gasteiger partial charge >= 0.3 is 11.9 Å². The van der Waals surface area contributed by atoms with E-state index in [9.17, 15) is 19.5 Å². The summed E-state index contributed by atoms with van der Waals surface area (Å²) in [5.41, 5.74) is 1.73. The summed E-state index contributed by atoms with van der Waals surface area (Å²) in [6, 6.07) is 10.8. The van der Waals surface area contributed by atoms with Crippen LogP contribution >= 0.6 is 11.3 Å². The van der Waals surface area contributed by atoms with Crippen LogP contribution in [0.1, 0.15) is 38.1 Å². The van der Waals surface area contributed by atoms with E-state index in [1.165, 1.54) is 26.2 Å². The largest absolute Gasteiger partial charge is 0.507 e. The molecule has 186 valence electrons. The minimum atomic E-state index is -1.06. The number of aryl methyl sites for hydroxylation is 2. The Morgan fingerprint density at radius 1 is 1.06 bits per heavy atom. The fraction of sp³-hybridized carbons (Fsp3) is 0.231. The molecule has 0 spiro atoms. The van der Waals surface area contributed by atoms with Crippen molar-refractivity contribution in [2.45, 2.75) is 19.9 Å². The van der Waals surface area contributed by atoms with E-state index in [1.807, 2.05) is 0 Å². The molecule has 0 aliphatic carbocycles. The first-order valence-corrected chi connectivity index (χ1v) is 11.7. The quantitative estimate of drug-likeness (QED) is 0.228. The molecule has 1 saturated heterocycles. The third-order valence-electron chi connectivity index (χ3n) is 5.93. The van der Waals surface area contributed by atoms with E-state index in [0.717, 1.165) is 11.3 Å². The number of anilines is 1. The van der Waals surface area contributed by atoms with Crippen molar-refractivity contribution in [1.82, 2.24) is 4.98 Å². The van der Waals surface area contributed by atoms with E-state index in [0.29, 0.717) is 33.9 Å². The lowest BCUT2D eigenvalue weighted by atomic mass is 9.93. The van der Waals surface area contributed by atoms with E-state index in [1.54, 1.807) is 56.3 Å². The van der Waals surface area contributed by atoms with Crippen molar-refractivity contribution in [3.8, 4) is 11.5 Å². The minimum Gasteiger partial charge on any atom is -0.507 e. The van der Waals surface area contributed by atoms with Crippen LogP contribution in [-0.4, -0.2) is 49.1 Å². The number of ketones is 1. The number of para-hydroxylation sites is 1. The number of methoxy groups -OCH3 is 3. The van der Waals surface area contributed by atoms with Gasteiger partial charge in [-0.1, -0.05) is 29.5 Å². The number of aliphatic hydroxyl groups excluding tert-OH is 1. The van der Waals surface area contributed by atoms with Gasteiger partial charge in [0, 0.05) is 11.1 Å². The van der Waals surface area contributed by atoms with E-state index in [4.69, 9.17) is 14.2 Å². The zero-order valence-electron chi connectivity index (χ0n) is 20.3. The van der Waals surface area contributed by atoms with Gasteiger partial charge in [-0.3, -0.25) is 14.5 Å². The number of carbonyl (C=O) groups excluding carboxylic acids is 3. The molecule has 0 saturated carbocycles. The number of esters is 1. The molecule has 1 fully saturated rings. The molecule has 2 heterocycles. The van der Waals surface area contributed by atoms with Gasteiger partial charge in [-0.05, 0) is 43.7 Å². The first kappa shape index (κ1) is 24.9. The zero-order valence-corrected chi connectivity index (χ0v) is 21.1. The van der Waals surface area contributed by atoms with Gasteiger partial charge in [0.2, 0.25) is 0 Å². The van der Waals surface area contributed by atoms with Crippen LogP contribution in [0, 0.1) is 13.8 Å². The normalized spacial score (nSPS) is 16.8. The molecule has 1 atom stereocenters. The molecule has 1 aliphatic heterocycles. The molecule has 0 bridgehead atoms. The Morgan fingerprint density at radius 2 is 1.78 bits per heavy atom. The zero-order chi connectivity index (χ0) is 26.1. The molecule has 1 amide bonds. The van der Waals surface area contributed by atoms with Crippen LogP contribution in [0.4, 0.5) is 5.13 Å². The molecule has 1 N–H and O–H groups in total. The maximum Gasteiger partial charge on any atom is 0.350 e. The maximum atomic E-state index is 13.4. The molecule has 9 nitrogen and oxygen atoms in total. The number of hydrogen-bond donors (Lipinski definition) is 1. The summed E-state index contributed by atoms with van der Waals surface area (Å²) in [6.45, 7) is 3.38. The second kappa shape index (κ2) is 9.82. The lowest BCUT2D eigenvalue weighted by molar-refractivity contribution is -0.132. The molecule has 2 aromatic carbocycles. The van der Waals surface area contributed by atoms with Gasteiger partial charge < -0.3 is 19.3 Å². The summed E-state index contributed by atoms with van der Waals surface area (Å²) < 4.78 is 15.6. The van der Waals surface area contributed by atoms with Crippen molar-refractivity contribution in [2.24, 2.45) is 0 Å². The first-order chi connectivity index (χ1) is 17.2. The van der Waals surface area contributed by atoms with Crippen molar-refractivity contribution in [3.05, 3.63) is 75.3 Å². The molecular weight excluding hydrogens is 484 g/mol. The van der Waals surface area contributed by atoms with Gasteiger partial charge in [0.15, 0.2) is 5.13 Å². The van der Waals surface area contributed by atoms with Crippen LogP contribution in [0.3, 0.4) is 0 Å². The third kappa shape index (κ3) is 4.09.